The number of carbonyl (C=O) groups is 1. The fourth-order valence-electron chi connectivity index (χ4n) is 2.59. The standard InChI is InChI=1S/C17H10F3N5O4/c1-28-16(27)15-22-7-12(29-15)9-6-23-25-13(26)4-11(24-14(9)25)10-3-2-8(5-21-10)17(18,19)20/h2-7,23H,1H3. The smallest absolute Gasteiger partial charge is 0.417 e. The lowest BCUT2D eigenvalue weighted by Gasteiger charge is -2.06. The molecule has 0 aliphatic carbocycles. The van der Waals surface area contributed by atoms with Crippen LogP contribution < -0.4 is 5.56 Å². The van der Waals surface area contributed by atoms with E-state index in [9.17, 15) is 22.8 Å². The normalized spacial score (nSPS) is 11.7. The van der Waals surface area contributed by atoms with E-state index in [0.29, 0.717) is 11.8 Å². The minimum atomic E-state index is -4.53. The van der Waals surface area contributed by atoms with E-state index in [0.717, 1.165) is 22.7 Å². The molecule has 0 radical (unpaired) electrons. The van der Waals surface area contributed by atoms with Crippen LogP contribution in [0.15, 0.2) is 46.0 Å². The van der Waals surface area contributed by atoms with E-state index in [1.807, 2.05) is 0 Å². The van der Waals surface area contributed by atoms with E-state index in [1.165, 1.54) is 19.5 Å². The molecule has 0 unspecified atom stereocenters. The summed E-state index contributed by atoms with van der Waals surface area (Å²) in [5, 5.41) is 2.68. The van der Waals surface area contributed by atoms with E-state index in [4.69, 9.17) is 4.42 Å². The number of rotatable bonds is 3. The SMILES string of the molecule is COC(=O)c1ncc(-c2c[nH]n3c(=O)cc(-c4ccc(C(F)(F)F)cn4)nc23)o1. The highest BCUT2D eigenvalue weighted by molar-refractivity contribution is 5.85. The number of alkyl halides is 3. The molecule has 0 atom stereocenters. The monoisotopic (exact) mass is 405 g/mol. The molecule has 1 N–H and O–H groups in total. The molecule has 0 saturated heterocycles. The third kappa shape index (κ3) is 3.24. The van der Waals surface area contributed by atoms with Crippen LogP contribution in [0.5, 0.6) is 0 Å². The third-order valence-electron chi connectivity index (χ3n) is 3.98. The number of aromatic amines is 1. The number of esters is 1. The lowest BCUT2D eigenvalue weighted by molar-refractivity contribution is -0.137. The summed E-state index contributed by atoms with van der Waals surface area (Å²) in [4.78, 5) is 35.7. The molecule has 0 bridgehead atoms. The van der Waals surface area contributed by atoms with Gasteiger partial charge >= 0.3 is 18.0 Å². The molecule has 0 aliphatic rings. The third-order valence-corrected chi connectivity index (χ3v) is 3.98. The molecule has 4 rings (SSSR count). The maximum Gasteiger partial charge on any atom is 0.417 e. The maximum atomic E-state index is 12.7. The number of nitrogens with zero attached hydrogens (tertiary/aromatic N) is 4. The van der Waals surface area contributed by atoms with E-state index in [1.54, 1.807) is 0 Å². The van der Waals surface area contributed by atoms with Crippen LogP contribution in [0.3, 0.4) is 0 Å². The van der Waals surface area contributed by atoms with E-state index in [-0.39, 0.29) is 28.7 Å². The molecule has 0 fully saturated rings. The van der Waals surface area contributed by atoms with Gasteiger partial charge in [-0.25, -0.2) is 19.3 Å². The first kappa shape index (κ1) is 18.4. The average Bonchev–Trinajstić information content (AvgIpc) is 3.34. The minimum Gasteiger partial charge on any atom is -0.462 e. The summed E-state index contributed by atoms with van der Waals surface area (Å²) in [5.41, 5.74) is -0.876. The predicted octanol–water partition coefficient (Wildman–Crippen LogP) is 2.54. The number of H-pyrrole nitrogens is 1. The molecule has 29 heavy (non-hydrogen) atoms. The van der Waals surface area contributed by atoms with Crippen molar-refractivity contribution in [2.75, 3.05) is 7.11 Å². The Morgan fingerprint density at radius 1 is 1.21 bits per heavy atom. The minimum absolute atomic E-state index is 0.0669. The molecule has 0 aromatic carbocycles. The van der Waals surface area contributed by atoms with Crippen molar-refractivity contribution in [1.82, 2.24) is 24.6 Å². The van der Waals surface area contributed by atoms with Crippen LogP contribution in [-0.2, 0) is 10.9 Å². The van der Waals surface area contributed by atoms with Gasteiger partial charge in [-0.05, 0) is 12.1 Å². The molecule has 0 aliphatic heterocycles. The highest BCUT2D eigenvalue weighted by atomic mass is 19.4. The zero-order valence-corrected chi connectivity index (χ0v) is 14.5. The second kappa shape index (κ2) is 6.58. The number of hydrogen-bond donors (Lipinski definition) is 1. The van der Waals surface area contributed by atoms with Gasteiger partial charge in [0.15, 0.2) is 11.4 Å². The highest BCUT2D eigenvalue weighted by Gasteiger charge is 2.30. The molecule has 148 valence electrons. The summed E-state index contributed by atoms with van der Waals surface area (Å²) >= 11 is 0. The Bertz CT molecular complexity index is 1270. The van der Waals surface area contributed by atoms with E-state index in [2.05, 4.69) is 24.8 Å². The van der Waals surface area contributed by atoms with Crippen LogP contribution in [0, 0.1) is 0 Å². The molecule has 0 amide bonds. The molecular weight excluding hydrogens is 395 g/mol. The van der Waals surface area contributed by atoms with Gasteiger partial charge in [-0.1, -0.05) is 0 Å². The Kier molecular flexibility index (Phi) is 4.18. The molecule has 9 nitrogen and oxygen atoms in total. The van der Waals surface area contributed by atoms with Gasteiger partial charge < -0.3 is 9.15 Å². The van der Waals surface area contributed by atoms with Crippen LogP contribution >= 0.6 is 0 Å². The quantitative estimate of drug-likeness (QED) is 0.521. The summed E-state index contributed by atoms with van der Waals surface area (Å²) in [6, 6.07) is 3.10. The van der Waals surface area contributed by atoms with Crippen LogP contribution in [0.4, 0.5) is 13.2 Å². The second-order valence-electron chi connectivity index (χ2n) is 5.78. The molecular formula is C17H10F3N5O4. The largest absolute Gasteiger partial charge is 0.462 e. The zero-order chi connectivity index (χ0) is 20.8. The summed E-state index contributed by atoms with van der Waals surface area (Å²) in [6.45, 7) is 0. The van der Waals surface area contributed by atoms with Crippen molar-refractivity contribution in [1.29, 1.82) is 0 Å². The Labute approximate surface area is 158 Å². The number of methoxy groups -OCH3 is 1. The number of aromatic nitrogens is 5. The Morgan fingerprint density at radius 2 is 2.00 bits per heavy atom. The van der Waals surface area contributed by atoms with Gasteiger partial charge in [0.1, 0.15) is 0 Å². The number of halogens is 3. The number of pyridine rings is 1. The Morgan fingerprint density at radius 3 is 2.66 bits per heavy atom. The highest BCUT2D eigenvalue weighted by Crippen LogP contribution is 2.30. The van der Waals surface area contributed by atoms with Crippen molar-refractivity contribution in [2.45, 2.75) is 6.18 Å². The molecule has 12 heteroatoms. The van der Waals surface area contributed by atoms with Crippen LogP contribution in [-0.4, -0.2) is 37.6 Å². The first-order valence-corrected chi connectivity index (χ1v) is 7.97. The predicted molar refractivity (Wildman–Crippen MR) is 90.9 cm³/mol. The van der Waals surface area contributed by atoms with Gasteiger partial charge in [0, 0.05) is 18.5 Å². The zero-order valence-electron chi connectivity index (χ0n) is 14.5. The Balaban J connectivity index is 1.80. The lowest BCUT2D eigenvalue weighted by atomic mass is 10.2. The first-order valence-electron chi connectivity index (χ1n) is 7.97. The van der Waals surface area contributed by atoms with Crippen molar-refractivity contribution >= 4 is 11.6 Å². The van der Waals surface area contributed by atoms with Crippen molar-refractivity contribution in [3.8, 4) is 22.7 Å². The second-order valence-corrected chi connectivity index (χ2v) is 5.78. The maximum absolute atomic E-state index is 12.7. The first-order chi connectivity index (χ1) is 13.8. The molecule has 4 aromatic rings. The lowest BCUT2D eigenvalue weighted by Crippen LogP contribution is -2.14. The van der Waals surface area contributed by atoms with Crippen LogP contribution in [0.1, 0.15) is 16.2 Å². The fourth-order valence-corrected chi connectivity index (χ4v) is 2.59. The van der Waals surface area contributed by atoms with Crippen molar-refractivity contribution in [3.05, 3.63) is 58.6 Å². The van der Waals surface area contributed by atoms with Crippen LogP contribution in [0.25, 0.3) is 28.4 Å². The van der Waals surface area contributed by atoms with Gasteiger partial charge in [0.05, 0.1) is 35.8 Å². The fraction of sp³-hybridized carbons (Fsp3) is 0.118. The molecule has 4 aromatic heterocycles. The van der Waals surface area contributed by atoms with E-state index >= 15 is 0 Å². The van der Waals surface area contributed by atoms with Gasteiger partial charge in [0.2, 0.25) is 0 Å². The number of fused-ring (bicyclic) bond motifs is 1. The van der Waals surface area contributed by atoms with Gasteiger partial charge in [0.25, 0.3) is 5.56 Å². The van der Waals surface area contributed by atoms with Gasteiger partial charge in [-0.2, -0.15) is 13.2 Å². The number of oxazole rings is 1. The molecule has 0 spiro atoms. The summed E-state index contributed by atoms with van der Waals surface area (Å²) in [6.07, 6.45) is -1.20. The summed E-state index contributed by atoms with van der Waals surface area (Å²) in [7, 11) is 1.17. The van der Waals surface area contributed by atoms with Gasteiger partial charge in [-0.15, -0.1) is 0 Å². The van der Waals surface area contributed by atoms with E-state index < -0.39 is 23.3 Å². The Hall–Kier alpha value is -3.96. The topological polar surface area (TPSA) is 115 Å². The molecule has 0 saturated carbocycles. The molecule has 4 heterocycles. The number of carbonyl (C=O) groups excluding carboxylic acids is 1. The van der Waals surface area contributed by atoms with Crippen molar-refractivity contribution in [2.24, 2.45) is 0 Å². The van der Waals surface area contributed by atoms with Crippen molar-refractivity contribution in [3.63, 3.8) is 0 Å². The summed E-state index contributed by atoms with van der Waals surface area (Å²) in [5.74, 6) is -0.936. The van der Waals surface area contributed by atoms with Gasteiger partial charge in [-0.3, -0.25) is 14.9 Å². The number of nitrogens with one attached hydrogen (secondary N) is 1. The van der Waals surface area contributed by atoms with Crippen LogP contribution in [0.2, 0.25) is 0 Å². The number of ether oxygens (including phenoxy) is 1. The summed E-state index contributed by atoms with van der Waals surface area (Å²) < 4.78 is 49.1. The average molecular weight is 405 g/mol. The van der Waals surface area contributed by atoms with Crippen molar-refractivity contribution < 1.29 is 27.1 Å². The number of hydrogen-bond acceptors (Lipinski definition) is 7.